The fourth-order valence-electron chi connectivity index (χ4n) is 3.12. The molecule has 0 amide bonds. The number of methoxy groups -OCH3 is 1. The molecule has 1 aromatic carbocycles. The molecule has 10 heteroatoms. The number of nitrogens with zero attached hydrogens (tertiary/aromatic N) is 2. The minimum atomic E-state index is -4.72. The molecule has 1 heterocycles. The molecule has 160 valence electrons. The van der Waals surface area contributed by atoms with Gasteiger partial charge in [0.05, 0.1) is 6.61 Å². The van der Waals surface area contributed by atoms with Gasteiger partial charge in [0.1, 0.15) is 5.75 Å². The van der Waals surface area contributed by atoms with Gasteiger partial charge in [-0.2, -0.15) is 0 Å². The van der Waals surface area contributed by atoms with E-state index in [0.717, 1.165) is 25.9 Å². The normalized spacial score (nSPS) is 17.9. The number of guanidine groups is 1. The number of rotatable bonds is 8. The number of likely N-dealkylation sites (tertiary alicyclic amines) is 1. The molecule has 2 N–H and O–H groups in total. The van der Waals surface area contributed by atoms with Crippen molar-refractivity contribution in [3.05, 3.63) is 29.8 Å². The van der Waals surface area contributed by atoms with Gasteiger partial charge in [0, 0.05) is 45.4 Å². The lowest BCUT2D eigenvalue weighted by Crippen LogP contribution is -2.45. The molecule has 2 rings (SSSR count). The van der Waals surface area contributed by atoms with Crippen LogP contribution in [-0.2, 0) is 11.3 Å². The number of alkyl halides is 3. The summed E-state index contributed by atoms with van der Waals surface area (Å²) in [5.41, 5.74) is 0.403. The zero-order chi connectivity index (χ0) is 19.7. The first kappa shape index (κ1) is 24.8. The lowest BCUT2D eigenvalue weighted by Gasteiger charge is -2.25. The number of hydrogen-bond donors (Lipinski definition) is 2. The van der Waals surface area contributed by atoms with Crippen LogP contribution in [0.25, 0.3) is 0 Å². The predicted octanol–water partition coefficient (Wildman–Crippen LogP) is 2.98. The SMILES string of the molecule is CN=C(NCc1ccccc1OC(F)(F)F)NCC1CCCN1CCOC.I. The largest absolute Gasteiger partial charge is 0.573 e. The van der Waals surface area contributed by atoms with Crippen LogP contribution in [0, 0.1) is 0 Å². The molecule has 1 saturated heterocycles. The highest BCUT2D eigenvalue weighted by molar-refractivity contribution is 14.0. The zero-order valence-electron chi connectivity index (χ0n) is 16.1. The van der Waals surface area contributed by atoms with Crippen molar-refractivity contribution in [3.8, 4) is 5.75 Å². The van der Waals surface area contributed by atoms with Gasteiger partial charge in [0.15, 0.2) is 5.96 Å². The van der Waals surface area contributed by atoms with Crippen LogP contribution in [0.5, 0.6) is 5.75 Å². The Kier molecular flexibility index (Phi) is 10.9. The second-order valence-electron chi connectivity index (χ2n) is 6.29. The van der Waals surface area contributed by atoms with Crippen molar-refractivity contribution in [2.75, 3.05) is 40.4 Å². The molecule has 1 aliphatic heterocycles. The molecule has 1 fully saturated rings. The number of aliphatic imine (C=N–C) groups is 1. The third-order valence-corrected chi connectivity index (χ3v) is 4.46. The number of ether oxygens (including phenoxy) is 2. The molecule has 0 aliphatic carbocycles. The average molecular weight is 516 g/mol. The van der Waals surface area contributed by atoms with Crippen LogP contribution in [0.3, 0.4) is 0 Å². The molecule has 1 atom stereocenters. The lowest BCUT2D eigenvalue weighted by atomic mass is 10.2. The smallest absolute Gasteiger partial charge is 0.405 e. The summed E-state index contributed by atoms with van der Waals surface area (Å²) in [5, 5.41) is 6.29. The Bertz CT molecular complexity index is 617. The quantitative estimate of drug-likeness (QED) is 0.316. The van der Waals surface area contributed by atoms with E-state index in [9.17, 15) is 13.2 Å². The van der Waals surface area contributed by atoms with Crippen LogP contribution in [0.2, 0.25) is 0 Å². The highest BCUT2D eigenvalue weighted by Crippen LogP contribution is 2.26. The first-order chi connectivity index (χ1) is 12.9. The maximum absolute atomic E-state index is 12.5. The van der Waals surface area contributed by atoms with Crippen molar-refractivity contribution in [3.63, 3.8) is 0 Å². The number of para-hydroxylation sites is 1. The molecule has 6 nitrogen and oxygen atoms in total. The Labute approximate surface area is 180 Å². The lowest BCUT2D eigenvalue weighted by molar-refractivity contribution is -0.274. The summed E-state index contributed by atoms with van der Waals surface area (Å²) in [6, 6.07) is 6.45. The van der Waals surface area contributed by atoms with Crippen molar-refractivity contribution in [2.24, 2.45) is 4.99 Å². The second kappa shape index (κ2) is 12.3. The van der Waals surface area contributed by atoms with Gasteiger partial charge in [0.2, 0.25) is 0 Å². The van der Waals surface area contributed by atoms with Gasteiger partial charge in [0.25, 0.3) is 0 Å². The van der Waals surface area contributed by atoms with E-state index in [1.54, 1.807) is 26.3 Å². The first-order valence-electron chi connectivity index (χ1n) is 8.94. The van der Waals surface area contributed by atoms with E-state index in [1.165, 1.54) is 12.1 Å². The van der Waals surface area contributed by atoms with E-state index in [-0.39, 0.29) is 36.3 Å². The van der Waals surface area contributed by atoms with E-state index in [1.807, 2.05) is 0 Å². The van der Waals surface area contributed by atoms with Gasteiger partial charge < -0.3 is 20.1 Å². The van der Waals surface area contributed by atoms with Gasteiger partial charge in [-0.15, -0.1) is 37.1 Å². The Morgan fingerprint density at radius 3 is 2.71 bits per heavy atom. The van der Waals surface area contributed by atoms with Gasteiger partial charge in [-0.3, -0.25) is 9.89 Å². The maximum Gasteiger partial charge on any atom is 0.573 e. The van der Waals surface area contributed by atoms with Crippen molar-refractivity contribution >= 4 is 29.9 Å². The van der Waals surface area contributed by atoms with Crippen LogP contribution >= 0.6 is 24.0 Å². The predicted molar refractivity (Wildman–Crippen MR) is 113 cm³/mol. The molecular formula is C18H28F3IN4O2. The molecule has 28 heavy (non-hydrogen) atoms. The number of halogens is 4. The van der Waals surface area contributed by atoms with Crippen molar-refractivity contribution in [2.45, 2.75) is 31.8 Å². The van der Waals surface area contributed by atoms with Gasteiger partial charge in [-0.05, 0) is 25.5 Å². The Balaban J connectivity index is 0.00000392. The van der Waals surface area contributed by atoms with Gasteiger partial charge in [-0.1, -0.05) is 18.2 Å². The van der Waals surface area contributed by atoms with Crippen molar-refractivity contribution in [1.29, 1.82) is 0 Å². The van der Waals surface area contributed by atoms with E-state index in [2.05, 4.69) is 25.3 Å². The van der Waals surface area contributed by atoms with E-state index in [4.69, 9.17) is 4.74 Å². The zero-order valence-corrected chi connectivity index (χ0v) is 18.4. The van der Waals surface area contributed by atoms with Crippen LogP contribution in [0.15, 0.2) is 29.3 Å². The number of benzene rings is 1. The fourth-order valence-corrected chi connectivity index (χ4v) is 3.12. The highest BCUT2D eigenvalue weighted by Gasteiger charge is 2.32. The minimum Gasteiger partial charge on any atom is -0.405 e. The second-order valence-corrected chi connectivity index (χ2v) is 6.29. The topological polar surface area (TPSA) is 58.1 Å². The minimum absolute atomic E-state index is 0. The molecule has 1 unspecified atom stereocenters. The highest BCUT2D eigenvalue weighted by atomic mass is 127. The molecule has 0 saturated carbocycles. The molecule has 0 bridgehead atoms. The van der Waals surface area contributed by atoms with Gasteiger partial charge in [-0.25, -0.2) is 0 Å². The fraction of sp³-hybridized carbons (Fsp3) is 0.611. The standard InChI is InChI=1S/C18H27F3N4O2.HI/c1-22-17(24-13-15-7-5-9-25(15)10-11-26-2)23-12-14-6-3-4-8-16(14)27-18(19,20)21;/h3-4,6,8,15H,5,7,9-13H2,1-2H3,(H2,22,23,24);1H. The third kappa shape index (κ3) is 8.39. The van der Waals surface area contributed by atoms with E-state index in [0.29, 0.717) is 30.7 Å². The molecule has 1 aliphatic rings. The monoisotopic (exact) mass is 516 g/mol. The van der Waals surface area contributed by atoms with E-state index >= 15 is 0 Å². The molecule has 0 radical (unpaired) electrons. The van der Waals surface area contributed by atoms with Crippen molar-refractivity contribution in [1.82, 2.24) is 15.5 Å². The maximum atomic E-state index is 12.5. The van der Waals surface area contributed by atoms with Crippen LogP contribution in [0.1, 0.15) is 18.4 Å². The molecule has 0 aromatic heterocycles. The summed E-state index contributed by atoms with van der Waals surface area (Å²) in [7, 11) is 3.32. The van der Waals surface area contributed by atoms with E-state index < -0.39 is 6.36 Å². The Morgan fingerprint density at radius 2 is 2.04 bits per heavy atom. The Morgan fingerprint density at radius 1 is 1.29 bits per heavy atom. The average Bonchev–Trinajstić information content (AvgIpc) is 3.07. The Hall–Kier alpha value is -1.27. The number of nitrogens with one attached hydrogen (secondary N) is 2. The van der Waals surface area contributed by atoms with Crippen LogP contribution in [-0.4, -0.2) is 63.7 Å². The number of hydrogen-bond acceptors (Lipinski definition) is 4. The summed E-state index contributed by atoms with van der Waals surface area (Å²) in [6.07, 6.45) is -2.48. The van der Waals surface area contributed by atoms with Gasteiger partial charge >= 0.3 is 6.36 Å². The summed E-state index contributed by atoms with van der Waals surface area (Å²) < 4.78 is 46.8. The van der Waals surface area contributed by atoms with Crippen LogP contribution in [0.4, 0.5) is 13.2 Å². The summed E-state index contributed by atoms with van der Waals surface area (Å²) in [5.74, 6) is 0.324. The first-order valence-corrected chi connectivity index (χ1v) is 8.94. The summed E-state index contributed by atoms with van der Waals surface area (Å²) in [6.45, 7) is 3.51. The third-order valence-electron chi connectivity index (χ3n) is 4.46. The van der Waals surface area contributed by atoms with Crippen LogP contribution < -0.4 is 15.4 Å². The molecule has 0 spiro atoms. The molecular weight excluding hydrogens is 488 g/mol. The summed E-state index contributed by atoms with van der Waals surface area (Å²) >= 11 is 0. The molecule has 1 aromatic rings. The summed E-state index contributed by atoms with van der Waals surface area (Å²) in [4.78, 5) is 6.51. The van der Waals surface area contributed by atoms with Crippen molar-refractivity contribution < 1.29 is 22.6 Å².